The Bertz CT molecular complexity index is 526. The zero-order chi connectivity index (χ0) is 11.7. The Kier molecular flexibility index (Phi) is 2.99. The molecule has 0 fully saturated rings. The number of hydrogen-bond donors (Lipinski definition) is 1. The molecule has 0 saturated heterocycles. The first-order valence-electron chi connectivity index (χ1n) is 5.67. The average molecular weight is 266 g/mol. The van der Waals surface area contributed by atoms with Crippen LogP contribution in [0.4, 0.5) is 5.82 Å². The van der Waals surface area contributed by atoms with Gasteiger partial charge < -0.3 is 5.32 Å². The molecule has 0 amide bonds. The highest BCUT2D eigenvalue weighted by Crippen LogP contribution is 2.33. The van der Waals surface area contributed by atoms with E-state index in [1.54, 1.807) is 0 Å². The summed E-state index contributed by atoms with van der Waals surface area (Å²) in [4.78, 5) is 0. The van der Waals surface area contributed by atoms with Crippen LogP contribution in [0.1, 0.15) is 30.0 Å². The van der Waals surface area contributed by atoms with Gasteiger partial charge in [-0.3, -0.25) is 0 Å². The maximum absolute atomic E-state index is 5.96. The third-order valence-electron chi connectivity index (χ3n) is 3.13. The van der Waals surface area contributed by atoms with E-state index >= 15 is 0 Å². The monoisotopic (exact) mass is 265 g/mol. The van der Waals surface area contributed by atoms with Crippen molar-refractivity contribution in [2.24, 2.45) is 0 Å². The number of rotatable bonds is 2. The first kappa shape index (κ1) is 11.0. The number of benzene rings is 1. The molecule has 1 aliphatic carbocycles. The summed E-state index contributed by atoms with van der Waals surface area (Å²) in [6, 6.07) is 8.86. The van der Waals surface area contributed by atoms with Crippen LogP contribution in [0.2, 0.25) is 5.15 Å². The first-order valence-corrected chi connectivity index (χ1v) is 6.78. The van der Waals surface area contributed by atoms with E-state index in [-0.39, 0.29) is 0 Å². The number of nitrogens with zero attached hydrogens (tertiary/aromatic N) is 2. The molecular weight excluding hydrogens is 254 g/mol. The zero-order valence-corrected chi connectivity index (χ0v) is 10.8. The van der Waals surface area contributed by atoms with Crippen LogP contribution >= 0.6 is 23.3 Å². The Labute approximate surface area is 109 Å². The molecule has 0 aliphatic heterocycles. The third kappa shape index (κ3) is 2.15. The van der Waals surface area contributed by atoms with E-state index in [0.717, 1.165) is 24.6 Å². The smallest absolute Gasteiger partial charge is 0.186 e. The van der Waals surface area contributed by atoms with Gasteiger partial charge >= 0.3 is 0 Å². The van der Waals surface area contributed by atoms with Crippen molar-refractivity contribution >= 4 is 29.1 Å². The quantitative estimate of drug-likeness (QED) is 0.900. The van der Waals surface area contributed by atoms with E-state index in [9.17, 15) is 0 Å². The Morgan fingerprint density at radius 1 is 1.29 bits per heavy atom. The van der Waals surface area contributed by atoms with E-state index in [2.05, 4.69) is 38.3 Å². The highest BCUT2D eigenvalue weighted by Gasteiger charge is 2.21. The van der Waals surface area contributed by atoms with Crippen LogP contribution in [-0.4, -0.2) is 8.75 Å². The van der Waals surface area contributed by atoms with Gasteiger partial charge in [0.15, 0.2) is 11.0 Å². The second-order valence-electron chi connectivity index (χ2n) is 4.19. The Morgan fingerprint density at radius 3 is 3.00 bits per heavy atom. The lowest BCUT2D eigenvalue weighted by molar-refractivity contribution is 0.599. The SMILES string of the molecule is Clc1nsnc1NC1CCCc2ccccc21. The average Bonchev–Trinajstić information content (AvgIpc) is 2.76. The number of hydrogen-bond acceptors (Lipinski definition) is 4. The molecule has 0 spiro atoms. The van der Waals surface area contributed by atoms with E-state index in [1.165, 1.54) is 17.5 Å². The molecule has 1 unspecified atom stereocenters. The summed E-state index contributed by atoms with van der Waals surface area (Å²) in [6.45, 7) is 0. The summed E-state index contributed by atoms with van der Waals surface area (Å²) in [5.74, 6) is 0.707. The standard InChI is InChI=1S/C12H12ClN3S/c13-11-12(16-17-15-11)14-10-7-3-5-8-4-1-2-6-9(8)10/h1-2,4,6,10H,3,5,7H2,(H,14,16). The van der Waals surface area contributed by atoms with Crippen molar-refractivity contribution in [3.05, 3.63) is 40.5 Å². The molecule has 0 bridgehead atoms. The van der Waals surface area contributed by atoms with Gasteiger partial charge in [0, 0.05) is 0 Å². The molecule has 2 aromatic rings. The van der Waals surface area contributed by atoms with Crippen LogP contribution in [0.15, 0.2) is 24.3 Å². The van der Waals surface area contributed by atoms with Crippen molar-refractivity contribution in [3.63, 3.8) is 0 Å². The maximum atomic E-state index is 5.96. The summed E-state index contributed by atoms with van der Waals surface area (Å²) in [5, 5.41) is 3.86. The summed E-state index contributed by atoms with van der Waals surface area (Å²) in [6.07, 6.45) is 3.48. The number of aryl methyl sites for hydroxylation is 1. The summed E-state index contributed by atoms with van der Waals surface area (Å²) in [7, 11) is 0. The molecule has 88 valence electrons. The molecule has 5 heteroatoms. The lowest BCUT2D eigenvalue weighted by Crippen LogP contribution is -2.17. The van der Waals surface area contributed by atoms with Gasteiger partial charge in [0.1, 0.15) is 0 Å². The normalized spacial score (nSPS) is 18.8. The minimum atomic E-state index is 0.307. The number of nitrogens with one attached hydrogen (secondary N) is 1. The molecule has 3 rings (SSSR count). The van der Waals surface area contributed by atoms with Gasteiger partial charge in [-0.15, -0.1) is 0 Å². The fourth-order valence-electron chi connectivity index (χ4n) is 2.33. The summed E-state index contributed by atoms with van der Waals surface area (Å²) in [5.41, 5.74) is 2.79. The fraction of sp³-hybridized carbons (Fsp3) is 0.333. The van der Waals surface area contributed by atoms with E-state index in [1.807, 2.05) is 0 Å². The zero-order valence-electron chi connectivity index (χ0n) is 9.19. The minimum Gasteiger partial charge on any atom is -0.360 e. The molecule has 1 atom stereocenters. The predicted octanol–water partition coefficient (Wildman–Crippen LogP) is 3.68. The topological polar surface area (TPSA) is 37.8 Å². The minimum absolute atomic E-state index is 0.307. The Hall–Kier alpha value is -1.13. The second-order valence-corrected chi connectivity index (χ2v) is 5.08. The highest BCUT2D eigenvalue weighted by molar-refractivity contribution is 6.99. The molecule has 1 aromatic heterocycles. The van der Waals surface area contributed by atoms with Crippen molar-refractivity contribution in [1.82, 2.24) is 8.75 Å². The van der Waals surface area contributed by atoms with Crippen molar-refractivity contribution in [2.75, 3.05) is 5.32 Å². The summed E-state index contributed by atoms with van der Waals surface area (Å²) < 4.78 is 8.14. The van der Waals surface area contributed by atoms with Gasteiger partial charge in [-0.05, 0) is 30.4 Å². The van der Waals surface area contributed by atoms with Crippen LogP contribution in [0.5, 0.6) is 0 Å². The predicted molar refractivity (Wildman–Crippen MR) is 70.7 cm³/mol. The summed E-state index contributed by atoms with van der Waals surface area (Å²) >= 11 is 7.10. The van der Waals surface area contributed by atoms with E-state index in [0.29, 0.717) is 17.0 Å². The number of fused-ring (bicyclic) bond motifs is 1. The maximum Gasteiger partial charge on any atom is 0.186 e. The van der Waals surface area contributed by atoms with Gasteiger partial charge in [-0.1, -0.05) is 35.9 Å². The third-order valence-corrected chi connectivity index (χ3v) is 4.02. The van der Waals surface area contributed by atoms with Crippen LogP contribution in [-0.2, 0) is 6.42 Å². The van der Waals surface area contributed by atoms with Crippen molar-refractivity contribution in [1.29, 1.82) is 0 Å². The van der Waals surface area contributed by atoms with Gasteiger partial charge in [-0.2, -0.15) is 8.75 Å². The molecular formula is C12H12ClN3S. The van der Waals surface area contributed by atoms with Gasteiger partial charge in [0.25, 0.3) is 0 Å². The lowest BCUT2D eigenvalue weighted by atomic mass is 9.88. The van der Waals surface area contributed by atoms with Gasteiger partial charge in [-0.25, -0.2) is 0 Å². The lowest BCUT2D eigenvalue weighted by Gasteiger charge is -2.26. The van der Waals surface area contributed by atoms with E-state index < -0.39 is 0 Å². The fourth-order valence-corrected chi connectivity index (χ4v) is 2.99. The molecule has 1 heterocycles. The van der Waals surface area contributed by atoms with Gasteiger partial charge in [0.05, 0.1) is 17.8 Å². The molecule has 0 radical (unpaired) electrons. The molecule has 1 N–H and O–H groups in total. The number of aromatic nitrogens is 2. The number of anilines is 1. The van der Waals surface area contributed by atoms with Crippen LogP contribution in [0.3, 0.4) is 0 Å². The second kappa shape index (κ2) is 4.63. The Balaban J connectivity index is 1.88. The molecule has 1 aromatic carbocycles. The molecule has 0 saturated carbocycles. The molecule has 17 heavy (non-hydrogen) atoms. The van der Waals surface area contributed by atoms with Crippen LogP contribution < -0.4 is 5.32 Å². The molecule has 3 nitrogen and oxygen atoms in total. The van der Waals surface area contributed by atoms with Crippen molar-refractivity contribution < 1.29 is 0 Å². The van der Waals surface area contributed by atoms with Crippen molar-refractivity contribution in [2.45, 2.75) is 25.3 Å². The first-order chi connectivity index (χ1) is 8.34. The highest BCUT2D eigenvalue weighted by atomic mass is 35.5. The van der Waals surface area contributed by atoms with Crippen LogP contribution in [0.25, 0.3) is 0 Å². The molecule has 1 aliphatic rings. The number of halogens is 1. The largest absolute Gasteiger partial charge is 0.360 e. The van der Waals surface area contributed by atoms with Crippen LogP contribution in [0, 0.1) is 0 Å². The van der Waals surface area contributed by atoms with E-state index in [4.69, 9.17) is 11.6 Å². The van der Waals surface area contributed by atoms with Gasteiger partial charge in [0.2, 0.25) is 0 Å². The van der Waals surface area contributed by atoms with Crippen molar-refractivity contribution in [3.8, 4) is 0 Å². The Morgan fingerprint density at radius 2 is 2.18 bits per heavy atom.